The fraction of sp³-hybridized carbons (Fsp3) is 0.100. The van der Waals surface area contributed by atoms with Crippen molar-refractivity contribution in [3.63, 3.8) is 0 Å². The van der Waals surface area contributed by atoms with Gasteiger partial charge in [-0.05, 0) is 18.2 Å². The highest BCUT2D eigenvalue weighted by Gasteiger charge is 2.48. The summed E-state index contributed by atoms with van der Waals surface area (Å²) >= 11 is 7.05. The van der Waals surface area contributed by atoms with E-state index < -0.39 is 21.4 Å². The summed E-state index contributed by atoms with van der Waals surface area (Å²) in [5.41, 5.74) is -2.83. The van der Waals surface area contributed by atoms with E-state index in [2.05, 4.69) is 9.17 Å². The molecule has 0 radical (unpaired) electrons. The Morgan fingerprint density at radius 1 is 1.30 bits per heavy atom. The first-order valence-electron chi connectivity index (χ1n) is 4.89. The quantitative estimate of drug-likeness (QED) is 0.630. The number of aromatic nitrogens is 1. The van der Waals surface area contributed by atoms with Crippen molar-refractivity contribution in [1.82, 2.24) is 4.98 Å². The van der Waals surface area contributed by atoms with Crippen molar-refractivity contribution in [2.24, 2.45) is 0 Å². The zero-order valence-corrected chi connectivity index (χ0v) is 11.8. The number of rotatable bonds is 3. The van der Waals surface area contributed by atoms with Crippen LogP contribution in [0.5, 0.6) is 5.75 Å². The molecule has 0 atom stereocenters. The molecule has 0 saturated heterocycles. The van der Waals surface area contributed by atoms with E-state index in [1.165, 1.54) is 23.5 Å². The van der Waals surface area contributed by atoms with Gasteiger partial charge in [0.1, 0.15) is 0 Å². The summed E-state index contributed by atoms with van der Waals surface area (Å²) in [5, 5.41) is 1.45. The zero-order valence-electron chi connectivity index (χ0n) is 9.39. The normalized spacial score (nSPS) is 12.4. The number of hydrogen-bond donors (Lipinski definition) is 0. The van der Waals surface area contributed by atoms with E-state index in [0.29, 0.717) is 11.3 Å². The summed E-state index contributed by atoms with van der Waals surface area (Å²) in [4.78, 5) is 3.99. The molecule has 10 heteroatoms. The van der Waals surface area contributed by atoms with Gasteiger partial charge in [0, 0.05) is 10.9 Å². The number of alkyl halides is 3. The molecule has 0 amide bonds. The summed E-state index contributed by atoms with van der Waals surface area (Å²) in [5.74, 6) is -0.594. The Morgan fingerprint density at radius 3 is 2.50 bits per heavy atom. The van der Waals surface area contributed by atoms with Crippen LogP contribution in [0.4, 0.5) is 13.2 Å². The molecule has 0 fully saturated rings. The largest absolute Gasteiger partial charge is 0.534 e. The second kappa shape index (κ2) is 5.23. The van der Waals surface area contributed by atoms with Gasteiger partial charge < -0.3 is 4.18 Å². The third kappa shape index (κ3) is 3.05. The van der Waals surface area contributed by atoms with Crippen LogP contribution in [0.25, 0.3) is 11.3 Å². The van der Waals surface area contributed by atoms with E-state index in [1.54, 1.807) is 10.9 Å². The molecule has 20 heavy (non-hydrogen) atoms. The summed E-state index contributed by atoms with van der Waals surface area (Å²) in [6.07, 6.45) is 0. The Bertz CT molecular complexity index is 714. The van der Waals surface area contributed by atoms with E-state index in [4.69, 9.17) is 11.6 Å². The Hall–Kier alpha value is -1.32. The lowest BCUT2D eigenvalue weighted by molar-refractivity contribution is -0.0500. The second-order valence-electron chi connectivity index (χ2n) is 3.50. The molecule has 0 aliphatic heterocycles. The Kier molecular flexibility index (Phi) is 3.94. The smallest absolute Gasteiger partial charge is 0.374 e. The Balaban J connectivity index is 2.32. The van der Waals surface area contributed by atoms with E-state index >= 15 is 0 Å². The molecule has 0 aliphatic rings. The first kappa shape index (κ1) is 15.1. The average Bonchev–Trinajstić information content (AvgIpc) is 2.83. The van der Waals surface area contributed by atoms with Crippen molar-refractivity contribution < 1.29 is 25.8 Å². The molecule has 0 bridgehead atoms. The molecule has 0 aliphatic carbocycles. The number of thiazole rings is 1. The second-order valence-corrected chi connectivity index (χ2v) is 6.17. The zero-order chi connectivity index (χ0) is 15.0. The van der Waals surface area contributed by atoms with Crippen molar-refractivity contribution in [3.05, 3.63) is 34.1 Å². The predicted octanol–water partition coefficient (Wildman–Crippen LogP) is 3.69. The lowest BCUT2D eigenvalue weighted by Gasteiger charge is -2.11. The monoisotopic (exact) mass is 343 g/mol. The van der Waals surface area contributed by atoms with Crippen LogP contribution in [0.1, 0.15) is 0 Å². The number of benzene rings is 1. The first-order valence-corrected chi connectivity index (χ1v) is 7.62. The lowest BCUT2D eigenvalue weighted by Crippen LogP contribution is -2.28. The van der Waals surface area contributed by atoms with Gasteiger partial charge in [-0.15, -0.1) is 11.3 Å². The SMILES string of the molecule is O=S(=O)(Oc1ccc(-c2cscn2)cc1Cl)C(F)(F)F. The van der Waals surface area contributed by atoms with Crippen LogP contribution in [0.3, 0.4) is 0 Å². The molecule has 0 saturated carbocycles. The fourth-order valence-electron chi connectivity index (χ4n) is 1.25. The maximum absolute atomic E-state index is 12.2. The minimum Gasteiger partial charge on any atom is -0.374 e. The van der Waals surface area contributed by atoms with Crippen molar-refractivity contribution in [1.29, 1.82) is 0 Å². The van der Waals surface area contributed by atoms with E-state index in [0.717, 1.165) is 6.07 Å². The summed E-state index contributed by atoms with van der Waals surface area (Å²) in [7, 11) is -5.74. The molecule has 108 valence electrons. The average molecular weight is 344 g/mol. The molecule has 0 spiro atoms. The first-order chi connectivity index (χ1) is 9.21. The van der Waals surface area contributed by atoms with Crippen LogP contribution in [-0.4, -0.2) is 18.9 Å². The van der Waals surface area contributed by atoms with Crippen molar-refractivity contribution in [3.8, 4) is 17.0 Å². The molecule has 4 nitrogen and oxygen atoms in total. The number of hydrogen-bond acceptors (Lipinski definition) is 5. The van der Waals surface area contributed by atoms with Crippen molar-refractivity contribution in [2.45, 2.75) is 5.51 Å². The summed E-state index contributed by atoms with van der Waals surface area (Å²) in [6, 6.07) is 3.68. The molecular formula is C10H5ClF3NO3S2. The third-order valence-electron chi connectivity index (χ3n) is 2.14. The lowest BCUT2D eigenvalue weighted by atomic mass is 10.2. The molecule has 0 unspecified atom stereocenters. The minimum absolute atomic E-state index is 0.261. The van der Waals surface area contributed by atoms with E-state index in [9.17, 15) is 21.6 Å². The van der Waals surface area contributed by atoms with Crippen LogP contribution in [0, 0.1) is 0 Å². The van der Waals surface area contributed by atoms with Gasteiger partial charge in [0.05, 0.1) is 16.2 Å². The van der Waals surface area contributed by atoms with Crippen molar-refractivity contribution in [2.75, 3.05) is 0 Å². The predicted molar refractivity (Wildman–Crippen MR) is 68.2 cm³/mol. The molecule has 2 aromatic rings. The van der Waals surface area contributed by atoms with Gasteiger partial charge in [0.15, 0.2) is 5.75 Å². The van der Waals surface area contributed by atoms with Crippen molar-refractivity contribution >= 4 is 33.1 Å². The molecule has 0 N–H and O–H groups in total. The van der Waals surface area contributed by atoms with Gasteiger partial charge in [-0.1, -0.05) is 11.6 Å². The van der Waals surface area contributed by atoms with Crippen LogP contribution in [0.15, 0.2) is 29.1 Å². The number of halogens is 4. The third-order valence-corrected chi connectivity index (χ3v) is 3.99. The van der Waals surface area contributed by atoms with E-state index in [1.807, 2.05) is 0 Å². The van der Waals surface area contributed by atoms with Crippen LogP contribution in [0.2, 0.25) is 5.02 Å². The molecule has 1 aromatic carbocycles. The van der Waals surface area contributed by atoms with Gasteiger partial charge in [-0.2, -0.15) is 21.6 Å². The molecule has 2 rings (SSSR count). The van der Waals surface area contributed by atoms with Crippen LogP contribution < -0.4 is 4.18 Å². The highest BCUT2D eigenvalue weighted by atomic mass is 35.5. The van der Waals surface area contributed by atoms with Gasteiger partial charge in [0.2, 0.25) is 0 Å². The van der Waals surface area contributed by atoms with Gasteiger partial charge >= 0.3 is 15.6 Å². The van der Waals surface area contributed by atoms with Gasteiger partial charge in [-0.3, -0.25) is 0 Å². The topological polar surface area (TPSA) is 56.3 Å². The molecule has 1 aromatic heterocycles. The fourth-order valence-corrected chi connectivity index (χ4v) is 2.55. The minimum atomic E-state index is -5.74. The summed E-state index contributed by atoms with van der Waals surface area (Å²) < 4.78 is 62.3. The van der Waals surface area contributed by atoms with E-state index in [-0.39, 0.29) is 5.02 Å². The summed E-state index contributed by atoms with van der Waals surface area (Å²) in [6.45, 7) is 0. The van der Waals surface area contributed by atoms with Crippen LogP contribution >= 0.6 is 22.9 Å². The highest BCUT2D eigenvalue weighted by molar-refractivity contribution is 7.88. The standard InChI is InChI=1S/C10H5ClF3NO3S2/c11-7-3-6(8-4-19-5-15-8)1-2-9(7)18-20(16,17)10(12,13)14/h1-5H. The van der Waals surface area contributed by atoms with Gasteiger partial charge in [0.25, 0.3) is 0 Å². The maximum atomic E-state index is 12.2. The Morgan fingerprint density at radius 2 is 2.00 bits per heavy atom. The molecular weight excluding hydrogens is 339 g/mol. The number of nitrogens with zero attached hydrogens (tertiary/aromatic N) is 1. The Labute approximate surface area is 120 Å². The maximum Gasteiger partial charge on any atom is 0.534 e. The van der Waals surface area contributed by atoms with Crippen LogP contribution in [-0.2, 0) is 10.1 Å². The highest BCUT2D eigenvalue weighted by Crippen LogP contribution is 2.34. The van der Waals surface area contributed by atoms with Gasteiger partial charge in [-0.25, -0.2) is 4.98 Å². The molecule has 1 heterocycles.